The summed E-state index contributed by atoms with van der Waals surface area (Å²) in [6, 6.07) is 18.1. The third kappa shape index (κ3) is 3.98. The van der Waals surface area contributed by atoms with Gasteiger partial charge in [-0.15, -0.1) is 0 Å². The van der Waals surface area contributed by atoms with Gasteiger partial charge in [0.2, 0.25) is 0 Å². The number of hydrogen-bond acceptors (Lipinski definition) is 0. The van der Waals surface area contributed by atoms with Gasteiger partial charge in [-0.1, -0.05) is 86.0 Å². The van der Waals surface area contributed by atoms with Crippen LogP contribution in [-0.2, 0) is 0 Å². The van der Waals surface area contributed by atoms with Crippen molar-refractivity contribution in [2.75, 3.05) is 24.6 Å². The van der Waals surface area contributed by atoms with Crippen LogP contribution in [0.4, 0.5) is 0 Å². The van der Waals surface area contributed by atoms with E-state index in [9.17, 15) is 0 Å². The van der Waals surface area contributed by atoms with Crippen molar-refractivity contribution in [2.45, 2.75) is 27.7 Å². The summed E-state index contributed by atoms with van der Waals surface area (Å²) in [7, 11) is 0.0125. The number of rotatable bonds is 7. The minimum atomic E-state index is -0.00639. The first kappa shape index (κ1) is 17.7. The minimum absolute atomic E-state index is 0.00639. The summed E-state index contributed by atoms with van der Waals surface area (Å²) in [6.45, 7) is 9.41. The van der Waals surface area contributed by atoms with Gasteiger partial charge in [-0.3, -0.25) is 0 Å². The van der Waals surface area contributed by atoms with Crippen molar-refractivity contribution in [1.82, 2.24) is 0 Å². The van der Waals surface area contributed by atoms with Crippen LogP contribution in [0.5, 0.6) is 0 Å². The lowest BCUT2D eigenvalue weighted by Crippen LogP contribution is -2.24. The highest BCUT2D eigenvalue weighted by Gasteiger charge is 2.17. The molecule has 0 aromatic heterocycles. The van der Waals surface area contributed by atoms with Gasteiger partial charge in [0, 0.05) is 0 Å². The average Bonchev–Trinajstić information content (AvgIpc) is 2.59. The van der Waals surface area contributed by atoms with E-state index in [0.29, 0.717) is 0 Å². The molecule has 0 unspecified atom stereocenters. The second kappa shape index (κ2) is 8.81. The second-order valence-corrected chi connectivity index (χ2v) is 11.1. The van der Waals surface area contributed by atoms with Crippen LogP contribution in [0.2, 0.25) is 0 Å². The van der Waals surface area contributed by atoms with Crippen LogP contribution in [0, 0.1) is 0 Å². The normalized spacial score (nSPS) is 11.4. The van der Waals surface area contributed by atoms with Crippen LogP contribution < -0.4 is 10.6 Å². The van der Waals surface area contributed by atoms with Gasteiger partial charge in [-0.2, -0.15) is 0 Å². The van der Waals surface area contributed by atoms with Crippen molar-refractivity contribution in [3.8, 4) is 11.1 Å². The number of benzene rings is 2. The molecular weight excluding hydrogens is 302 g/mol. The summed E-state index contributed by atoms with van der Waals surface area (Å²) >= 11 is 0. The van der Waals surface area contributed by atoms with Crippen molar-refractivity contribution in [1.29, 1.82) is 0 Å². The smallest absolute Gasteiger partial charge is 0.0158 e. The zero-order valence-electron chi connectivity index (χ0n) is 14.3. The van der Waals surface area contributed by atoms with Gasteiger partial charge in [-0.05, 0) is 52.4 Å². The molecule has 2 aromatic carbocycles. The summed E-state index contributed by atoms with van der Waals surface area (Å²) in [5.74, 6) is 0. The molecule has 2 heteroatoms. The molecule has 0 bridgehead atoms. The van der Waals surface area contributed by atoms with E-state index in [1.165, 1.54) is 35.8 Å². The fraction of sp³-hybridized carbons (Fsp3) is 0.400. The van der Waals surface area contributed by atoms with Crippen molar-refractivity contribution in [3.05, 3.63) is 48.5 Å². The van der Waals surface area contributed by atoms with E-state index in [1.54, 1.807) is 10.6 Å². The molecule has 0 spiro atoms. The Morgan fingerprint density at radius 3 is 1.68 bits per heavy atom. The largest absolute Gasteiger partial charge is 0.0752 e. The molecule has 2 aromatic rings. The van der Waals surface area contributed by atoms with Crippen molar-refractivity contribution in [2.24, 2.45) is 0 Å². The van der Waals surface area contributed by atoms with Crippen LogP contribution in [0.15, 0.2) is 48.5 Å². The Balaban J connectivity index is 2.52. The Hall–Kier alpha value is -0.700. The molecule has 0 fully saturated rings. The molecule has 0 N–H and O–H groups in total. The summed E-state index contributed by atoms with van der Waals surface area (Å²) in [4.78, 5) is 0. The van der Waals surface area contributed by atoms with Crippen LogP contribution in [0.3, 0.4) is 0 Å². The Labute approximate surface area is 138 Å². The Morgan fingerprint density at radius 2 is 1.14 bits per heavy atom. The zero-order valence-corrected chi connectivity index (χ0v) is 16.1. The lowest BCUT2D eigenvalue weighted by Gasteiger charge is -2.24. The zero-order chi connectivity index (χ0) is 15.9. The van der Waals surface area contributed by atoms with E-state index in [1.807, 2.05) is 0 Å². The van der Waals surface area contributed by atoms with E-state index in [2.05, 4.69) is 76.2 Å². The topological polar surface area (TPSA) is 0 Å². The molecule has 0 heterocycles. The van der Waals surface area contributed by atoms with Gasteiger partial charge in [0.1, 0.15) is 0 Å². The third-order valence-electron chi connectivity index (χ3n) is 4.29. The van der Waals surface area contributed by atoms with Gasteiger partial charge in [0.15, 0.2) is 0 Å². The predicted molar refractivity (Wildman–Crippen MR) is 107 cm³/mol. The summed E-state index contributed by atoms with van der Waals surface area (Å²) in [6.07, 6.45) is 5.21. The maximum absolute atomic E-state index is 2.50. The summed E-state index contributed by atoms with van der Waals surface area (Å²) in [5, 5.41) is 3.35. The minimum Gasteiger partial charge on any atom is -0.0752 e. The van der Waals surface area contributed by atoms with E-state index in [4.69, 9.17) is 0 Å². The fourth-order valence-electron chi connectivity index (χ4n) is 2.98. The molecule has 0 aliphatic carbocycles. The average molecular weight is 330 g/mol. The Bertz CT molecular complexity index is 570. The maximum Gasteiger partial charge on any atom is -0.0158 e. The van der Waals surface area contributed by atoms with Gasteiger partial charge < -0.3 is 0 Å². The molecule has 0 aliphatic heterocycles. The first-order valence-electron chi connectivity index (χ1n) is 8.44. The van der Waals surface area contributed by atoms with Crippen LogP contribution in [-0.4, -0.2) is 24.6 Å². The van der Waals surface area contributed by atoms with Gasteiger partial charge in [0.05, 0.1) is 0 Å². The van der Waals surface area contributed by atoms with E-state index < -0.39 is 0 Å². The van der Waals surface area contributed by atoms with Gasteiger partial charge >= 0.3 is 0 Å². The predicted octanol–water partition coefficient (Wildman–Crippen LogP) is 5.65. The highest BCUT2D eigenvalue weighted by atomic mass is 31.1. The molecule has 0 aliphatic rings. The van der Waals surface area contributed by atoms with Crippen molar-refractivity contribution < 1.29 is 0 Å². The number of hydrogen-bond donors (Lipinski definition) is 0. The molecule has 0 radical (unpaired) electrons. The van der Waals surface area contributed by atoms with Crippen LogP contribution >= 0.6 is 15.8 Å². The monoisotopic (exact) mass is 330 g/mol. The molecule has 0 amide bonds. The van der Waals surface area contributed by atoms with Crippen molar-refractivity contribution in [3.63, 3.8) is 0 Å². The Morgan fingerprint density at radius 1 is 0.591 bits per heavy atom. The summed E-state index contributed by atoms with van der Waals surface area (Å²) < 4.78 is 0. The van der Waals surface area contributed by atoms with Gasteiger partial charge in [-0.25, -0.2) is 0 Å². The molecule has 0 saturated carbocycles. The third-order valence-corrected chi connectivity index (χ3v) is 9.64. The van der Waals surface area contributed by atoms with Gasteiger partial charge in [0.25, 0.3) is 0 Å². The standard InChI is InChI=1S/C20H28P2/c1-5-21(6-2)19-15-14-18(17-12-10-9-11-13-17)16-20(19)22(7-3)8-4/h9-16H,5-8H2,1-4H3. The lowest BCUT2D eigenvalue weighted by atomic mass is 10.1. The molecule has 0 nitrogen and oxygen atoms in total. The van der Waals surface area contributed by atoms with Crippen LogP contribution in [0.1, 0.15) is 27.7 Å². The first-order chi connectivity index (χ1) is 10.7. The fourth-order valence-corrected chi connectivity index (χ4v) is 7.48. The maximum atomic E-state index is 2.50. The lowest BCUT2D eigenvalue weighted by molar-refractivity contribution is 1.41. The molecule has 0 saturated heterocycles. The Kier molecular flexibility index (Phi) is 7.07. The highest BCUT2D eigenvalue weighted by Crippen LogP contribution is 2.40. The SMILES string of the molecule is CCP(CC)c1ccc(-c2ccccc2)cc1P(CC)CC. The second-order valence-electron chi connectivity index (χ2n) is 5.41. The molecule has 118 valence electrons. The molecule has 2 rings (SSSR count). The van der Waals surface area contributed by atoms with E-state index in [0.717, 1.165) is 0 Å². The molecular formula is C20H28P2. The van der Waals surface area contributed by atoms with E-state index in [-0.39, 0.29) is 15.8 Å². The summed E-state index contributed by atoms with van der Waals surface area (Å²) in [5.41, 5.74) is 2.73. The van der Waals surface area contributed by atoms with Crippen LogP contribution in [0.25, 0.3) is 11.1 Å². The first-order valence-corrected chi connectivity index (χ1v) is 11.9. The van der Waals surface area contributed by atoms with E-state index >= 15 is 0 Å². The highest BCUT2D eigenvalue weighted by molar-refractivity contribution is 7.71. The van der Waals surface area contributed by atoms with Crippen molar-refractivity contribution >= 4 is 26.5 Å². The quantitative estimate of drug-likeness (QED) is 0.576. The molecule has 22 heavy (non-hydrogen) atoms. The molecule has 0 atom stereocenters.